The molecule has 3 N–H and O–H groups in total. The van der Waals surface area contributed by atoms with Gasteiger partial charge in [-0.3, -0.25) is 5.41 Å². The van der Waals surface area contributed by atoms with Gasteiger partial charge in [0.2, 0.25) is 0 Å². The SMILES string of the molecule is CC(C)[C@H](C)C(=N)N. The summed E-state index contributed by atoms with van der Waals surface area (Å²) in [6.45, 7) is 6.09. The molecule has 48 valence electrons. The molecule has 0 fully saturated rings. The topological polar surface area (TPSA) is 49.9 Å². The second-order valence-corrected chi connectivity index (χ2v) is 2.49. The molecule has 0 aliphatic heterocycles. The van der Waals surface area contributed by atoms with Gasteiger partial charge in [0.1, 0.15) is 0 Å². The highest BCUT2D eigenvalue weighted by molar-refractivity contribution is 5.79. The van der Waals surface area contributed by atoms with Gasteiger partial charge >= 0.3 is 0 Å². The minimum Gasteiger partial charge on any atom is -0.387 e. The quantitative estimate of drug-likeness (QED) is 0.411. The third-order valence-electron chi connectivity index (χ3n) is 1.49. The highest BCUT2D eigenvalue weighted by Gasteiger charge is 2.08. The Morgan fingerprint density at radius 2 is 1.75 bits per heavy atom. The van der Waals surface area contributed by atoms with E-state index in [2.05, 4.69) is 13.8 Å². The van der Waals surface area contributed by atoms with E-state index in [4.69, 9.17) is 11.1 Å². The van der Waals surface area contributed by atoms with E-state index in [9.17, 15) is 0 Å². The van der Waals surface area contributed by atoms with Crippen molar-refractivity contribution in [1.82, 2.24) is 0 Å². The van der Waals surface area contributed by atoms with E-state index < -0.39 is 0 Å². The molecule has 0 amide bonds. The molecule has 0 spiro atoms. The van der Waals surface area contributed by atoms with Crippen LogP contribution >= 0.6 is 0 Å². The molecular weight excluding hydrogens is 100 g/mol. The number of amidine groups is 1. The van der Waals surface area contributed by atoms with Gasteiger partial charge in [0.15, 0.2) is 0 Å². The summed E-state index contributed by atoms with van der Waals surface area (Å²) >= 11 is 0. The zero-order chi connectivity index (χ0) is 6.73. The molecule has 0 aliphatic rings. The van der Waals surface area contributed by atoms with Crippen molar-refractivity contribution in [2.75, 3.05) is 0 Å². The van der Waals surface area contributed by atoms with Crippen molar-refractivity contribution in [2.45, 2.75) is 20.8 Å². The molecule has 0 aromatic heterocycles. The van der Waals surface area contributed by atoms with Crippen LogP contribution in [0.2, 0.25) is 0 Å². The average Bonchev–Trinajstić information content (AvgIpc) is 1.64. The number of hydrogen-bond acceptors (Lipinski definition) is 1. The van der Waals surface area contributed by atoms with Crippen molar-refractivity contribution >= 4 is 5.84 Å². The monoisotopic (exact) mass is 114 g/mol. The molecule has 0 saturated heterocycles. The van der Waals surface area contributed by atoms with Gasteiger partial charge in [-0.1, -0.05) is 20.8 Å². The van der Waals surface area contributed by atoms with Gasteiger partial charge in [0.05, 0.1) is 5.84 Å². The minimum atomic E-state index is 0.231. The predicted octanol–water partition coefficient (Wildman–Crippen LogP) is 1.21. The van der Waals surface area contributed by atoms with Gasteiger partial charge in [-0.2, -0.15) is 0 Å². The van der Waals surface area contributed by atoms with Crippen molar-refractivity contribution in [3.05, 3.63) is 0 Å². The third kappa shape index (κ3) is 1.96. The van der Waals surface area contributed by atoms with E-state index in [1.165, 1.54) is 0 Å². The molecule has 2 nitrogen and oxygen atoms in total. The predicted molar refractivity (Wildman–Crippen MR) is 35.9 cm³/mol. The van der Waals surface area contributed by atoms with Crippen LogP contribution in [0.4, 0.5) is 0 Å². The molecule has 0 heterocycles. The summed E-state index contributed by atoms with van der Waals surface area (Å²) < 4.78 is 0. The van der Waals surface area contributed by atoms with Crippen LogP contribution in [0.25, 0.3) is 0 Å². The molecule has 0 saturated carbocycles. The van der Waals surface area contributed by atoms with Gasteiger partial charge in [-0.05, 0) is 5.92 Å². The first-order valence-corrected chi connectivity index (χ1v) is 2.89. The normalized spacial score (nSPS) is 14.0. The number of nitrogens with two attached hydrogens (primary N) is 1. The molecule has 0 bridgehead atoms. The fourth-order valence-electron chi connectivity index (χ4n) is 0.359. The number of hydrogen-bond donors (Lipinski definition) is 2. The van der Waals surface area contributed by atoms with Crippen molar-refractivity contribution < 1.29 is 0 Å². The largest absolute Gasteiger partial charge is 0.387 e. The van der Waals surface area contributed by atoms with Crippen LogP contribution < -0.4 is 5.73 Å². The summed E-state index contributed by atoms with van der Waals surface area (Å²) in [5.41, 5.74) is 5.22. The van der Waals surface area contributed by atoms with E-state index in [0.717, 1.165) is 0 Å². The summed E-state index contributed by atoms with van der Waals surface area (Å²) in [5, 5.41) is 7.01. The summed E-state index contributed by atoms with van der Waals surface area (Å²) in [4.78, 5) is 0. The Labute approximate surface area is 50.6 Å². The molecular formula is C6H14N2. The van der Waals surface area contributed by atoms with Gasteiger partial charge in [-0.25, -0.2) is 0 Å². The summed E-state index contributed by atoms with van der Waals surface area (Å²) in [7, 11) is 0. The first-order chi connectivity index (χ1) is 3.55. The number of rotatable bonds is 2. The van der Waals surface area contributed by atoms with E-state index in [1.807, 2.05) is 6.92 Å². The maximum absolute atomic E-state index is 7.01. The van der Waals surface area contributed by atoms with Gasteiger partial charge in [0, 0.05) is 5.92 Å². The minimum absolute atomic E-state index is 0.231. The first-order valence-electron chi connectivity index (χ1n) is 2.89. The molecule has 2 heteroatoms. The van der Waals surface area contributed by atoms with Gasteiger partial charge < -0.3 is 5.73 Å². The molecule has 0 radical (unpaired) electrons. The summed E-state index contributed by atoms with van der Waals surface area (Å²) in [6, 6.07) is 0. The van der Waals surface area contributed by atoms with Crippen LogP contribution in [-0.4, -0.2) is 5.84 Å². The molecule has 0 aliphatic carbocycles. The Kier molecular flexibility index (Phi) is 2.52. The van der Waals surface area contributed by atoms with E-state index in [-0.39, 0.29) is 5.92 Å². The Bertz CT molecular complexity index is 86.5. The molecule has 8 heavy (non-hydrogen) atoms. The van der Waals surface area contributed by atoms with Crippen LogP contribution in [0, 0.1) is 17.2 Å². The van der Waals surface area contributed by atoms with E-state index >= 15 is 0 Å². The second kappa shape index (κ2) is 2.70. The summed E-state index contributed by atoms with van der Waals surface area (Å²) in [6.07, 6.45) is 0. The molecule has 0 rings (SSSR count). The average molecular weight is 114 g/mol. The van der Waals surface area contributed by atoms with E-state index in [1.54, 1.807) is 0 Å². The van der Waals surface area contributed by atoms with Crippen LogP contribution in [0.3, 0.4) is 0 Å². The molecule has 0 aromatic carbocycles. The van der Waals surface area contributed by atoms with Crippen LogP contribution in [-0.2, 0) is 0 Å². The van der Waals surface area contributed by atoms with Crippen molar-refractivity contribution in [3.63, 3.8) is 0 Å². The molecule has 0 aromatic rings. The maximum atomic E-state index is 7.01. The van der Waals surface area contributed by atoms with Gasteiger partial charge in [-0.15, -0.1) is 0 Å². The number of nitrogens with one attached hydrogen (secondary N) is 1. The smallest absolute Gasteiger partial charge is 0.0936 e. The highest BCUT2D eigenvalue weighted by Crippen LogP contribution is 2.07. The zero-order valence-corrected chi connectivity index (χ0v) is 5.73. The lowest BCUT2D eigenvalue weighted by atomic mass is 9.97. The lowest BCUT2D eigenvalue weighted by molar-refractivity contribution is 0.527. The Morgan fingerprint density at radius 1 is 1.38 bits per heavy atom. The first kappa shape index (κ1) is 7.47. The summed E-state index contributed by atoms with van der Waals surface area (Å²) in [5.74, 6) is 1.02. The van der Waals surface area contributed by atoms with Crippen LogP contribution in [0.15, 0.2) is 0 Å². The lowest BCUT2D eigenvalue weighted by Crippen LogP contribution is -2.23. The van der Waals surface area contributed by atoms with Crippen molar-refractivity contribution in [3.8, 4) is 0 Å². The molecule has 0 unspecified atom stereocenters. The molecule has 1 atom stereocenters. The lowest BCUT2D eigenvalue weighted by Gasteiger charge is -2.11. The standard InChI is InChI=1S/C6H14N2/c1-4(2)5(3)6(7)8/h4-5H,1-3H3,(H3,7,8)/t5-/m0/s1. The fraction of sp³-hybridized carbons (Fsp3) is 0.833. The Morgan fingerprint density at radius 3 is 1.75 bits per heavy atom. The third-order valence-corrected chi connectivity index (χ3v) is 1.49. The van der Waals surface area contributed by atoms with Crippen LogP contribution in [0.5, 0.6) is 0 Å². The Hall–Kier alpha value is -0.530. The van der Waals surface area contributed by atoms with Crippen molar-refractivity contribution in [1.29, 1.82) is 5.41 Å². The Balaban J connectivity index is 3.64. The van der Waals surface area contributed by atoms with Crippen molar-refractivity contribution in [2.24, 2.45) is 17.6 Å². The fourth-order valence-corrected chi connectivity index (χ4v) is 0.359. The van der Waals surface area contributed by atoms with E-state index in [0.29, 0.717) is 11.8 Å². The highest BCUT2D eigenvalue weighted by atomic mass is 14.7. The van der Waals surface area contributed by atoms with Gasteiger partial charge in [0.25, 0.3) is 0 Å². The zero-order valence-electron chi connectivity index (χ0n) is 5.73. The van der Waals surface area contributed by atoms with Crippen LogP contribution in [0.1, 0.15) is 20.8 Å². The second-order valence-electron chi connectivity index (χ2n) is 2.49. The maximum Gasteiger partial charge on any atom is 0.0936 e.